The highest BCUT2D eigenvalue weighted by atomic mass is 15.1. The molecule has 0 saturated carbocycles. The predicted octanol–water partition coefficient (Wildman–Crippen LogP) is 0.349. The molecule has 1 saturated heterocycles. The van der Waals surface area contributed by atoms with Crippen LogP contribution in [0.2, 0.25) is 0 Å². The van der Waals surface area contributed by atoms with Crippen molar-refractivity contribution in [2.24, 2.45) is 22.9 Å². The molecule has 0 unspecified atom stereocenters. The molecule has 0 amide bonds. The Bertz CT molecular complexity index is 310. The monoisotopic (exact) mass is 456 g/mol. The third kappa shape index (κ3) is 15.5. The normalized spacial score (nSPS) is 25.9. The van der Waals surface area contributed by atoms with Crippen LogP contribution >= 0.6 is 0 Å². The van der Waals surface area contributed by atoms with Crippen LogP contribution in [0.5, 0.6) is 0 Å². The second-order valence-electron chi connectivity index (χ2n) is 9.56. The Morgan fingerprint density at radius 3 is 0.781 bits per heavy atom. The molecule has 32 heavy (non-hydrogen) atoms. The number of hydrogen-bond donors (Lipinski definition) is 8. The first-order chi connectivity index (χ1) is 15.7. The zero-order valence-corrected chi connectivity index (χ0v) is 20.8. The highest BCUT2D eigenvalue weighted by Gasteiger charge is 2.19. The van der Waals surface area contributed by atoms with E-state index in [1.54, 1.807) is 0 Å². The van der Waals surface area contributed by atoms with Crippen molar-refractivity contribution < 1.29 is 0 Å². The number of nitrogens with one attached hydrogen (secondary N) is 4. The van der Waals surface area contributed by atoms with Crippen LogP contribution in [-0.2, 0) is 0 Å². The molecule has 8 heteroatoms. The van der Waals surface area contributed by atoms with Gasteiger partial charge in [0.2, 0.25) is 0 Å². The first kappa shape index (κ1) is 29.7. The fourth-order valence-electron chi connectivity index (χ4n) is 4.48. The van der Waals surface area contributed by atoms with Crippen LogP contribution in [0.15, 0.2) is 0 Å². The molecule has 0 bridgehead atoms. The minimum absolute atomic E-state index is 0.483. The van der Waals surface area contributed by atoms with E-state index in [1.807, 2.05) is 0 Å². The van der Waals surface area contributed by atoms with E-state index in [2.05, 4.69) is 21.3 Å². The van der Waals surface area contributed by atoms with Crippen LogP contribution in [0.25, 0.3) is 0 Å². The molecule has 0 spiro atoms. The summed E-state index contributed by atoms with van der Waals surface area (Å²) >= 11 is 0. The van der Waals surface area contributed by atoms with Gasteiger partial charge in [-0.15, -0.1) is 0 Å². The van der Waals surface area contributed by atoms with E-state index >= 15 is 0 Å². The lowest BCUT2D eigenvalue weighted by molar-refractivity contribution is 0.313. The molecule has 0 aliphatic carbocycles. The van der Waals surface area contributed by atoms with E-state index in [4.69, 9.17) is 22.9 Å². The van der Waals surface area contributed by atoms with Gasteiger partial charge in [-0.2, -0.15) is 0 Å². The van der Waals surface area contributed by atoms with Gasteiger partial charge in [0.15, 0.2) is 0 Å². The summed E-state index contributed by atoms with van der Waals surface area (Å²) in [7, 11) is 0. The standard InChI is InChI=1S/C24H56N8/c25-13-5-1-9-21-17-30-23(11-3-7-15-27)19-32-24(12-4-8-16-28)20-31-22(18-29-21)10-2-6-14-26/h21-24,29-32H,1-20,25-28H2/t21-,22-,23-,24-/m1/s1. The maximum atomic E-state index is 5.74. The maximum absolute atomic E-state index is 5.74. The lowest BCUT2D eigenvalue weighted by atomic mass is 10.0. The van der Waals surface area contributed by atoms with Gasteiger partial charge in [0.1, 0.15) is 0 Å². The molecule has 1 fully saturated rings. The molecule has 0 aromatic rings. The Labute approximate surface area is 198 Å². The lowest BCUT2D eigenvalue weighted by Gasteiger charge is -2.31. The molecule has 0 aromatic carbocycles. The van der Waals surface area contributed by atoms with Crippen LogP contribution in [0.1, 0.15) is 77.0 Å². The van der Waals surface area contributed by atoms with Crippen LogP contribution in [-0.4, -0.2) is 76.5 Å². The predicted molar refractivity (Wildman–Crippen MR) is 139 cm³/mol. The molecule has 0 aromatic heterocycles. The Hall–Kier alpha value is -0.320. The lowest BCUT2D eigenvalue weighted by Crippen LogP contribution is -2.54. The van der Waals surface area contributed by atoms with E-state index in [9.17, 15) is 0 Å². The zero-order chi connectivity index (χ0) is 23.3. The van der Waals surface area contributed by atoms with Gasteiger partial charge >= 0.3 is 0 Å². The first-order valence-electron chi connectivity index (χ1n) is 13.5. The van der Waals surface area contributed by atoms with E-state index in [-0.39, 0.29) is 0 Å². The highest BCUT2D eigenvalue weighted by Crippen LogP contribution is 2.08. The summed E-state index contributed by atoms with van der Waals surface area (Å²) in [6, 6.07) is 1.93. The topological polar surface area (TPSA) is 152 Å². The molecule has 192 valence electrons. The summed E-state index contributed by atoms with van der Waals surface area (Å²) < 4.78 is 0. The number of nitrogens with two attached hydrogens (primary N) is 4. The van der Waals surface area contributed by atoms with Crippen LogP contribution < -0.4 is 44.2 Å². The molecule has 8 nitrogen and oxygen atoms in total. The van der Waals surface area contributed by atoms with Gasteiger partial charge in [0.25, 0.3) is 0 Å². The van der Waals surface area contributed by atoms with Crippen molar-refractivity contribution in [2.45, 2.75) is 101 Å². The number of hydrogen-bond acceptors (Lipinski definition) is 8. The van der Waals surface area contributed by atoms with Gasteiger partial charge in [0.05, 0.1) is 0 Å². The van der Waals surface area contributed by atoms with Gasteiger partial charge in [-0.05, 0) is 77.5 Å². The molecule has 1 heterocycles. The SMILES string of the molecule is NCCCC[C@@H]1CN[C@H](CCCCN)CN[C@H](CCCCN)CN[C@H](CCCCN)CN1. The Morgan fingerprint density at radius 1 is 0.375 bits per heavy atom. The summed E-state index contributed by atoms with van der Waals surface area (Å²) in [6.45, 7) is 7.14. The Balaban J connectivity index is 2.75. The van der Waals surface area contributed by atoms with Crippen molar-refractivity contribution in [2.75, 3.05) is 52.4 Å². The summed E-state index contributed by atoms with van der Waals surface area (Å²) in [4.78, 5) is 0. The van der Waals surface area contributed by atoms with E-state index in [0.29, 0.717) is 24.2 Å². The van der Waals surface area contributed by atoms with Gasteiger partial charge in [-0.1, -0.05) is 25.7 Å². The highest BCUT2D eigenvalue weighted by molar-refractivity contribution is 4.83. The average Bonchev–Trinajstić information content (AvgIpc) is 2.79. The van der Waals surface area contributed by atoms with Crippen LogP contribution in [0.3, 0.4) is 0 Å². The van der Waals surface area contributed by atoms with Crippen molar-refractivity contribution in [3.05, 3.63) is 0 Å². The maximum Gasteiger partial charge on any atom is 0.0193 e. The van der Waals surface area contributed by atoms with Gasteiger partial charge in [-0.3, -0.25) is 0 Å². The smallest absolute Gasteiger partial charge is 0.0193 e. The molecule has 0 radical (unpaired) electrons. The summed E-state index contributed by atoms with van der Waals surface area (Å²) in [5.74, 6) is 0. The number of unbranched alkanes of at least 4 members (excludes halogenated alkanes) is 4. The van der Waals surface area contributed by atoms with Crippen LogP contribution in [0, 0.1) is 0 Å². The van der Waals surface area contributed by atoms with Crippen molar-refractivity contribution >= 4 is 0 Å². The molecule has 1 aliphatic heterocycles. The minimum Gasteiger partial charge on any atom is -0.330 e. The van der Waals surface area contributed by atoms with Crippen molar-refractivity contribution in [3.63, 3.8) is 0 Å². The molecule has 12 N–H and O–H groups in total. The van der Waals surface area contributed by atoms with E-state index < -0.39 is 0 Å². The van der Waals surface area contributed by atoms with Crippen LogP contribution in [0.4, 0.5) is 0 Å². The first-order valence-corrected chi connectivity index (χ1v) is 13.5. The Kier molecular flexibility index (Phi) is 19.7. The third-order valence-corrected chi connectivity index (χ3v) is 6.64. The molecular weight excluding hydrogens is 400 g/mol. The fraction of sp³-hybridized carbons (Fsp3) is 1.00. The van der Waals surface area contributed by atoms with Crippen molar-refractivity contribution in [1.29, 1.82) is 0 Å². The minimum atomic E-state index is 0.483. The molecular formula is C24H56N8. The summed E-state index contributed by atoms with van der Waals surface area (Å²) in [5.41, 5.74) is 23.0. The molecule has 1 rings (SSSR count). The second kappa shape index (κ2) is 21.2. The van der Waals surface area contributed by atoms with E-state index in [0.717, 1.165) is 78.0 Å². The number of rotatable bonds is 16. The van der Waals surface area contributed by atoms with Gasteiger partial charge in [-0.25, -0.2) is 0 Å². The largest absolute Gasteiger partial charge is 0.330 e. The Morgan fingerprint density at radius 2 is 0.594 bits per heavy atom. The van der Waals surface area contributed by atoms with E-state index in [1.165, 1.54) is 51.4 Å². The summed E-state index contributed by atoms with van der Waals surface area (Å²) in [5, 5.41) is 15.5. The zero-order valence-electron chi connectivity index (χ0n) is 20.8. The molecule has 1 aliphatic rings. The molecule has 4 atom stereocenters. The van der Waals surface area contributed by atoms with Gasteiger partial charge < -0.3 is 44.2 Å². The van der Waals surface area contributed by atoms with Gasteiger partial charge in [0, 0.05) is 50.3 Å². The van der Waals surface area contributed by atoms with Crippen molar-refractivity contribution in [1.82, 2.24) is 21.3 Å². The van der Waals surface area contributed by atoms with Crippen molar-refractivity contribution in [3.8, 4) is 0 Å². The second-order valence-corrected chi connectivity index (χ2v) is 9.56. The third-order valence-electron chi connectivity index (χ3n) is 6.64. The summed E-state index contributed by atoms with van der Waals surface area (Å²) in [6.07, 6.45) is 13.8. The quantitative estimate of drug-likeness (QED) is 0.155. The fourth-order valence-corrected chi connectivity index (χ4v) is 4.48. The average molecular weight is 457 g/mol.